The minimum atomic E-state index is -0.316. The molecule has 6 nitrogen and oxygen atoms in total. The van der Waals surface area contributed by atoms with Crippen LogP contribution < -0.4 is 16.0 Å². The average molecular weight is 331 g/mol. The molecule has 4 rings (SSSR count). The second kappa shape index (κ2) is 5.72. The van der Waals surface area contributed by atoms with Crippen LogP contribution in [0.1, 0.15) is 23.8 Å². The fourth-order valence-corrected chi connectivity index (χ4v) is 4.98. The zero-order chi connectivity index (χ0) is 16.0. The first-order chi connectivity index (χ1) is 11.1. The minimum absolute atomic E-state index is 0.304. The number of fused-ring (bicyclic) bond motifs is 3. The molecule has 23 heavy (non-hydrogen) atoms. The van der Waals surface area contributed by atoms with Gasteiger partial charge in [-0.1, -0.05) is 6.92 Å². The Kier molecular flexibility index (Phi) is 3.69. The summed E-state index contributed by atoms with van der Waals surface area (Å²) in [4.78, 5) is 25.3. The maximum Gasteiger partial charge on any atom is 0.236 e. The van der Waals surface area contributed by atoms with E-state index in [2.05, 4.69) is 27.1 Å². The number of carbonyl (C=O) groups is 1. The summed E-state index contributed by atoms with van der Waals surface area (Å²) in [5.74, 6) is 1.40. The van der Waals surface area contributed by atoms with E-state index >= 15 is 0 Å². The van der Waals surface area contributed by atoms with Crippen molar-refractivity contribution in [1.29, 1.82) is 0 Å². The highest BCUT2D eigenvalue weighted by molar-refractivity contribution is 7.19. The minimum Gasteiger partial charge on any atom is -0.368 e. The molecule has 0 saturated carbocycles. The number of piperazine rings is 1. The van der Waals surface area contributed by atoms with Crippen LogP contribution in [0.5, 0.6) is 0 Å². The van der Waals surface area contributed by atoms with E-state index in [1.807, 2.05) is 0 Å². The molecular formula is C16H21N5OS. The van der Waals surface area contributed by atoms with Crippen LogP contribution in [-0.4, -0.2) is 41.6 Å². The van der Waals surface area contributed by atoms with Crippen molar-refractivity contribution >= 4 is 33.3 Å². The van der Waals surface area contributed by atoms with Gasteiger partial charge >= 0.3 is 0 Å². The van der Waals surface area contributed by atoms with Crippen molar-refractivity contribution in [2.75, 3.05) is 24.5 Å². The Morgan fingerprint density at radius 1 is 1.48 bits per heavy atom. The van der Waals surface area contributed by atoms with Gasteiger partial charge in [-0.25, -0.2) is 9.97 Å². The SMILES string of the molecule is C[C@H]1CCc2c(sc3ncnc(N4CCN[C@H](C(N)=O)C4)c23)C1. The molecule has 0 aromatic carbocycles. The fourth-order valence-electron chi connectivity index (χ4n) is 3.63. The Balaban J connectivity index is 1.77. The van der Waals surface area contributed by atoms with E-state index in [0.717, 1.165) is 42.5 Å². The molecule has 1 aliphatic heterocycles. The number of amides is 1. The monoisotopic (exact) mass is 331 g/mol. The van der Waals surface area contributed by atoms with Gasteiger partial charge in [0.1, 0.15) is 23.0 Å². The number of nitrogens with two attached hydrogens (primary N) is 1. The number of aryl methyl sites for hydroxylation is 1. The number of hydrogen-bond acceptors (Lipinski definition) is 6. The number of carbonyl (C=O) groups excluding carboxylic acids is 1. The Bertz CT molecular complexity index is 758. The molecule has 0 radical (unpaired) electrons. The summed E-state index contributed by atoms with van der Waals surface area (Å²) in [6.45, 7) is 4.45. The van der Waals surface area contributed by atoms with Gasteiger partial charge in [-0.2, -0.15) is 0 Å². The Hall–Kier alpha value is -1.73. The first kappa shape index (κ1) is 14.8. The zero-order valence-corrected chi connectivity index (χ0v) is 14.0. The molecule has 2 atom stereocenters. The molecular weight excluding hydrogens is 310 g/mol. The van der Waals surface area contributed by atoms with Crippen molar-refractivity contribution in [3.05, 3.63) is 16.8 Å². The first-order valence-corrected chi connectivity index (χ1v) is 8.98. The van der Waals surface area contributed by atoms with E-state index in [0.29, 0.717) is 6.54 Å². The number of primary amides is 1. The van der Waals surface area contributed by atoms with Gasteiger partial charge in [0, 0.05) is 24.5 Å². The number of aromatic nitrogens is 2. The highest BCUT2D eigenvalue weighted by Crippen LogP contribution is 2.40. The van der Waals surface area contributed by atoms with E-state index < -0.39 is 0 Å². The lowest BCUT2D eigenvalue weighted by atomic mass is 9.89. The van der Waals surface area contributed by atoms with Crippen molar-refractivity contribution in [3.63, 3.8) is 0 Å². The van der Waals surface area contributed by atoms with Crippen LogP contribution in [0, 0.1) is 5.92 Å². The molecule has 7 heteroatoms. The average Bonchev–Trinajstić information content (AvgIpc) is 2.92. The molecule has 0 spiro atoms. The Labute approximate surface area is 139 Å². The lowest BCUT2D eigenvalue weighted by Crippen LogP contribution is -2.56. The number of hydrogen-bond donors (Lipinski definition) is 2. The number of thiophene rings is 1. The quantitative estimate of drug-likeness (QED) is 0.860. The number of nitrogens with zero attached hydrogens (tertiary/aromatic N) is 3. The number of rotatable bonds is 2. The predicted octanol–water partition coefficient (Wildman–Crippen LogP) is 1.08. The molecule has 3 N–H and O–H groups in total. The Morgan fingerprint density at radius 2 is 2.35 bits per heavy atom. The summed E-state index contributed by atoms with van der Waals surface area (Å²) in [5, 5.41) is 4.37. The van der Waals surface area contributed by atoms with Crippen LogP contribution in [0.3, 0.4) is 0 Å². The normalized spacial score (nSPS) is 24.7. The molecule has 0 unspecified atom stereocenters. The molecule has 0 bridgehead atoms. The fraction of sp³-hybridized carbons (Fsp3) is 0.562. The van der Waals surface area contributed by atoms with Gasteiger partial charge in [0.2, 0.25) is 5.91 Å². The predicted molar refractivity (Wildman–Crippen MR) is 91.8 cm³/mol. The van der Waals surface area contributed by atoms with Crippen LogP contribution in [0.2, 0.25) is 0 Å². The smallest absolute Gasteiger partial charge is 0.236 e. The lowest BCUT2D eigenvalue weighted by molar-refractivity contribution is -0.120. The molecule has 2 aromatic heterocycles. The standard InChI is InChI=1S/C16H21N5OS/c1-9-2-3-10-12(6-9)23-16-13(10)15(19-8-20-16)21-5-4-18-11(7-21)14(17)22/h8-9,11,18H,2-7H2,1H3,(H2,17,22)/t9-,11-/m0/s1. The van der Waals surface area contributed by atoms with Gasteiger partial charge in [-0.15, -0.1) is 11.3 Å². The molecule has 1 aliphatic carbocycles. The Morgan fingerprint density at radius 3 is 3.17 bits per heavy atom. The van der Waals surface area contributed by atoms with Crippen molar-refractivity contribution in [2.45, 2.75) is 32.2 Å². The van der Waals surface area contributed by atoms with Gasteiger partial charge in [0.25, 0.3) is 0 Å². The van der Waals surface area contributed by atoms with Crippen LogP contribution in [-0.2, 0) is 17.6 Å². The molecule has 1 fully saturated rings. The van der Waals surface area contributed by atoms with E-state index in [9.17, 15) is 4.79 Å². The number of anilines is 1. The third-order valence-electron chi connectivity index (χ3n) is 4.89. The van der Waals surface area contributed by atoms with E-state index in [1.54, 1.807) is 17.7 Å². The highest BCUT2D eigenvalue weighted by Gasteiger charge is 2.28. The maximum absolute atomic E-state index is 11.5. The van der Waals surface area contributed by atoms with Crippen molar-refractivity contribution in [1.82, 2.24) is 15.3 Å². The second-order valence-corrected chi connectivity index (χ2v) is 7.67. The molecule has 122 valence electrons. The topological polar surface area (TPSA) is 84.1 Å². The summed E-state index contributed by atoms with van der Waals surface area (Å²) in [5.41, 5.74) is 6.89. The van der Waals surface area contributed by atoms with Gasteiger partial charge < -0.3 is 16.0 Å². The van der Waals surface area contributed by atoms with E-state index in [4.69, 9.17) is 5.73 Å². The lowest BCUT2D eigenvalue weighted by Gasteiger charge is -2.33. The van der Waals surface area contributed by atoms with Gasteiger partial charge in [0.15, 0.2) is 0 Å². The highest BCUT2D eigenvalue weighted by atomic mass is 32.1. The summed E-state index contributed by atoms with van der Waals surface area (Å²) in [7, 11) is 0. The zero-order valence-electron chi connectivity index (χ0n) is 13.2. The van der Waals surface area contributed by atoms with Crippen LogP contribution >= 0.6 is 11.3 Å². The van der Waals surface area contributed by atoms with Crippen molar-refractivity contribution in [2.24, 2.45) is 11.7 Å². The third kappa shape index (κ3) is 2.57. The van der Waals surface area contributed by atoms with Gasteiger partial charge in [-0.05, 0) is 30.7 Å². The first-order valence-electron chi connectivity index (χ1n) is 8.16. The summed E-state index contributed by atoms with van der Waals surface area (Å²) < 4.78 is 0. The molecule has 2 aliphatic rings. The van der Waals surface area contributed by atoms with Gasteiger partial charge in [-0.3, -0.25) is 4.79 Å². The third-order valence-corrected chi connectivity index (χ3v) is 6.05. The summed E-state index contributed by atoms with van der Waals surface area (Å²) in [6.07, 6.45) is 5.10. The van der Waals surface area contributed by atoms with Crippen molar-refractivity contribution in [3.8, 4) is 0 Å². The largest absolute Gasteiger partial charge is 0.368 e. The van der Waals surface area contributed by atoms with Crippen molar-refractivity contribution < 1.29 is 4.79 Å². The van der Waals surface area contributed by atoms with Crippen LogP contribution in [0.25, 0.3) is 10.2 Å². The van der Waals surface area contributed by atoms with Gasteiger partial charge in [0.05, 0.1) is 5.39 Å². The van der Waals surface area contributed by atoms with Crippen LogP contribution in [0.4, 0.5) is 5.82 Å². The summed E-state index contributed by atoms with van der Waals surface area (Å²) in [6, 6.07) is -0.316. The van der Waals surface area contributed by atoms with Crippen LogP contribution in [0.15, 0.2) is 6.33 Å². The second-order valence-electron chi connectivity index (χ2n) is 6.58. The molecule has 2 aromatic rings. The molecule has 3 heterocycles. The molecule has 1 saturated heterocycles. The summed E-state index contributed by atoms with van der Waals surface area (Å²) >= 11 is 1.80. The number of nitrogens with one attached hydrogen (secondary N) is 1. The molecule has 1 amide bonds. The maximum atomic E-state index is 11.5. The van der Waals surface area contributed by atoms with E-state index in [1.165, 1.54) is 22.2 Å². The van der Waals surface area contributed by atoms with E-state index in [-0.39, 0.29) is 11.9 Å².